The van der Waals surface area contributed by atoms with Gasteiger partial charge in [0, 0.05) is 45.4 Å². The van der Waals surface area contributed by atoms with Gasteiger partial charge in [0.25, 0.3) is 0 Å². The van der Waals surface area contributed by atoms with Crippen molar-refractivity contribution in [3.8, 4) is 0 Å². The molecule has 0 saturated heterocycles. The summed E-state index contributed by atoms with van der Waals surface area (Å²) >= 11 is 0. The molecule has 9 heteroatoms. The monoisotopic (exact) mass is 1090 g/mol. The van der Waals surface area contributed by atoms with Crippen molar-refractivity contribution in [3.05, 3.63) is 48.6 Å². The predicted octanol–water partition coefficient (Wildman–Crippen LogP) is 18.2. The van der Waals surface area contributed by atoms with Crippen LogP contribution in [0.2, 0.25) is 0 Å². The summed E-state index contributed by atoms with van der Waals surface area (Å²) in [5, 5.41) is 33.5. The van der Waals surface area contributed by atoms with E-state index in [-0.39, 0.29) is 21.1 Å². The molecule has 0 atom stereocenters. The number of unbranched alkanes of at least 4 members (excludes halogenated alkanes) is 36. The van der Waals surface area contributed by atoms with Crippen LogP contribution in [-0.4, -0.2) is 44.3 Å². The number of rotatable bonds is 44. The first-order valence-corrected chi connectivity index (χ1v) is 26.7. The Hall–Kier alpha value is -2.47. The average molecular weight is 1090 g/mol. The number of hydrogen-bond acceptors (Lipinski definition) is 4. The first-order chi connectivity index (χ1) is 31.1. The number of carboxylic acids is 4. The van der Waals surface area contributed by atoms with Gasteiger partial charge >= 0.3 is 23.9 Å². The van der Waals surface area contributed by atoms with Crippen molar-refractivity contribution in [2.24, 2.45) is 0 Å². The molecule has 0 fully saturated rings. The quantitative estimate of drug-likeness (QED) is 0.0348. The fraction of sp³-hybridized carbons (Fsp3) is 0.786. The molecule has 0 amide bonds. The topological polar surface area (TPSA) is 149 Å². The molecule has 0 spiro atoms. The standard InChI is InChI=1S/4C14H26O2.W/c4*1-2-3-4-5-6-7-8-9-10-11-12-13-14(15)16;/h4*12-13H,2-11H2,1H3,(H,15,16);. The second kappa shape index (κ2) is 68.1. The van der Waals surface area contributed by atoms with Gasteiger partial charge in [-0.05, 0) is 51.4 Å². The van der Waals surface area contributed by atoms with E-state index in [4.69, 9.17) is 20.4 Å². The SMILES string of the molecule is CCCCCCCCCCCC=CC(=O)O.CCCCCCCCCCCC=CC(=O)O.CCCCCCCCCCCC=CC(=O)O.CCCCCCCCCCCC=CC(=O)O.[W]. The first-order valence-electron chi connectivity index (χ1n) is 26.7. The van der Waals surface area contributed by atoms with Crippen molar-refractivity contribution in [2.75, 3.05) is 0 Å². The summed E-state index contributed by atoms with van der Waals surface area (Å²) in [5.41, 5.74) is 0. The molecule has 0 aliphatic heterocycles. The van der Waals surface area contributed by atoms with E-state index >= 15 is 0 Å². The summed E-state index contributed by atoms with van der Waals surface area (Å²) in [6, 6.07) is 0. The van der Waals surface area contributed by atoms with Gasteiger partial charge in [-0.3, -0.25) is 0 Å². The van der Waals surface area contributed by atoms with Gasteiger partial charge in [0.2, 0.25) is 0 Å². The molecule has 0 radical (unpaired) electrons. The van der Waals surface area contributed by atoms with E-state index in [0.29, 0.717) is 0 Å². The molecule has 0 unspecified atom stereocenters. The Morgan fingerprint density at radius 3 is 0.492 bits per heavy atom. The van der Waals surface area contributed by atoms with Crippen LogP contribution < -0.4 is 0 Å². The molecular weight excluding hydrogens is 984 g/mol. The summed E-state index contributed by atoms with van der Waals surface area (Å²) in [4.78, 5) is 40.7. The van der Waals surface area contributed by atoms with Crippen LogP contribution in [0.15, 0.2) is 48.6 Å². The predicted molar refractivity (Wildman–Crippen MR) is 274 cm³/mol. The summed E-state index contributed by atoms with van der Waals surface area (Å²) in [6.45, 7) is 8.96. The van der Waals surface area contributed by atoms with Gasteiger partial charge in [0.05, 0.1) is 0 Å². The molecule has 0 aromatic rings. The molecule has 0 aliphatic rings. The van der Waals surface area contributed by atoms with Crippen LogP contribution in [0.5, 0.6) is 0 Å². The van der Waals surface area contributed by atoms with Gasteiger partial charge in [-0.2, -0.15) is 0 Å². The van der Waals surface area contributed by atoms with E-state index in [1.54, 1.807) is 24.3 Å². The van der Waals surface area contributed by atoms with Crippen molar-refractivity contribution in [1.29, 1.82) is 0 Å². The molecule has 0 bridgehead atoms. The third-order valence-electron chi connectivity index (χ3n) is 10.9. The molecule has 0 rings (SSSR count). The Balaban J connectivity index is -0.000000245. The molecule has 0 saturated carbocycles. The van der Waals surface area contributed by atoms with Crippen LogP contribution >= 0.6 is 0 Å². The van der Waals surface area contributed by atoms with Gasteiger partial charge in [-0.15, -0.1) is 0 Å². The number of carboxylic acid groups (broad SMARTS) is 4. The van der Waals surface area contributed by atoms with Crippen LogP contribution in [0.25, 0.3) is 0 Å². The number of hydrogen-bond donors (Lipinski definition) is 4. The zero-order chi connectivity index (χ0) is 48.3. The second-order valence-electron chi connectivity index (χ2n) is 17.4. The smallest absolute Gasteiger partial charge is 0.327 e. The van der Waals surface area contributed by atoms with Crippen molar-refractivity contribution in [1.82, 2.24) is 0 Å². The average Bonchev–Trinajstić information content (AvgIpc) is 3.26. The van der Waals surface area contributed by atoms with Crippen molar-refractivity contribution >= 4 is 23.9 Å². The van der Waals surface area contributed by atoms with Crippen molar-refractivity contribution < 1.29 is 60.7 Å². The second-order valence-corrected chi connectivity index (χ2v) is 17.4. The minimum absolute atomic E-state index is 0. The van der Waals surface area contributed by atoms with Gasteiger partial charge in [-0.25, -0.2) is 19.2 Å². The van der Waals surface area contributed by atoms with Crippen LogP contribution in [0.4, 0.5) is 0 Å². The summed E-state index contributed by atoms with van der Waals surface area (Å²) in [7, 11) is 0. The molecule has 0 aromatic carbocycles. The Labute approximate surface area is 415 Å². The van der Waals surface area contributed by atoms with E-state index in [0.717, 1.165) is 51.4 Å². The molecular formula is C56H104O8W. The number of allylic oxidation sites excluding steroid dienone is 4. The summed E-state index contributed by atoms with van der Waals surface area (Å²) in [6.07, 6.45) is 62.9. The minimum atomic E-state index is -0.837. The van der Waals surface area contributed by atoms with Gasteiger partial charge in [0.15, 0.2) is 0 Å². The van der Waals surface area contributed by atoms with Crippen LogP contribution in [-0.2, 0) is 40.2 Å². The molecule has 4 N–H and O–H groups in total. The maximum Gasteiger partial charge on any atom is 0.327 e. The van der Waals surface area contributed by atoms with Crippen molar-refractivity contribution in [3.63, 3.8) is 0 Å². The van der Waals surface area contributed by atoms with Crippen molar-refractivity contribution in [2.45, 2.75) is 285 Å². The molecule has 65 heavy (non-hydrogen) atoms. The van der Waals surface area contributed by atoms with Gasteiger partial charge in [-0.1, -0.05) is 257 Å². The number of aliphatic carboxylic acids is 4. The van der Waals surface area contributed by atoms with E-state index < -0.39 is 23.9 Å². The normalized spacial score (nSPS) is 10.9. The maximum absolute atomic E-state index is 10.2. The summed E-state index contributed by atoms with van der Waals surface area (Å²) < 4.78 is 0. The van der Waals surface area contributed by atoms with Gasteiger partial charge in [0.1, 0.15) is 0 Å². The maximum atomic E-state index is 10.2. The zero-order valence-electron chi connectivity index (χ0n) is 42.7. The van der Waals surface area contributed by atoms with Crippen LogP contribution in [0.3, 0.4) is 0 Å². The van der Waals surface area contributed by atoms with Crippen LogP contribution in [0.1, 0.15) is 285 Å². The Morgan fingerprint density at radius 2 is 0.369 bits per heavy atom. The van der Waals surface area contributed by atoms with E-state index in [1.165, 1.54) is 230 Å². The third-order valence-corrected chi connectivity index (χ3v) is 10.9. The third kappa shape index (κ3) is 88.9. The summed E-state index contributed by atoms with van der Waals surface area (Å²) in [5.74, 6) is -3.35. The fourth-order valence-electron chi connectivity index (χ4n) is 7.03. The largest absolute Gasteiger partial charge is 0.478 e. The first kappa shape index (κ1) is 71.5. The van der Waals surface area contributed by atoms with Gasteiger partial charge < -0.3 is 20.4 Å². The Bertz CT molecular complexity index is 916. The molecule has 382 valence electrons. The fourth-order valence-corrected chi connectivity index (χ4v) is 7.03. The molecule has 0 aliphatic carbocycles. The minimum Gasteiger partial charge on any atom is -0.478 e. The molecule has 8 nitrogen and oxygen atoms in total. The van der Waals surface area contributed by atoms with Crippen LogP contribution in [0, 0.1) is 0 Å². The Kier molecular flexibility index (Phi) is 75.0. The molecule has 0 heterocycles. The molecule has 0 aromatic heterocycles. The van der Waals surface area contributed by atoms with E-state index in [2.05, 4.69) is 27.7 Å². The zero-order valence-corrected chi connectivity index (χ0v) is 45.7. The number of carbonyl (C=O) groups is 4. The Morgan fingerprint density at radius 1 is 0.246 bits per heavy atom. The van der Waals surface area contributed by atoms with E-state index in [9.17, 15) is 19.2 Å². The van der Waals surface area contributed by atoms with E-state index in [1.807, 2.05) is 0 Å².